The van der Waals surface area contributed by atoms with Crippen LogP contribution in [0.4, 0.5) is 5.69 Å². The fourth-order valence-electron chi connectivity index (χ4n) is 4.61. The summed E-state index contributed by atoms with van der Waals surface area (Å²) in [6.07, 6.45) is 0. The van der Waals surface area contributed by atoms with Gasteiger partial charge in [0.15, 0.2) is 0 Å². The van der Waals surface area contributed by atoms with E-state index in [1.165, 1.54) is 0 Å². The van der Waals surface area contributed by atoms with Crippen molar-refractivity contribution in [3.05, 3.63) is 71.6 Å². The Balaban J connectivity index is 0. The van der Waals surface area contributed by atoms with Gasteiger partial charge in [0.25, 0.3) is 0 Å². The number of benzene rings is 3. The number of carboxylic acid groups (broad SMARTS) is 1. The Bertz CT molecular complexity index is 1360. The van der Waals surface area contributed by atoms with Crippen LogP contribution in [0.3, 0.4) is 0 Å². The van der Waals surface area contributed by atoms with Crippen molar-refractivity contribution in [3.63, 3.8) is 0 Å². The number of aromatic carboxylic acids is 1. The first-order chi connectivity index (χ1) is 16.0. The van der Waals surface area contributed by atoms with Gasteiger partial charge in [-0.3, -0.25) is 0 Å². The summed E-state index contributed by atoms with van der Waals surface area (Å²) in [4.78, 5) is 14.2. The van der Waals surface area contributed by atoms with Gasteiger partial charge in [0, 0.05) is 74.1 Å². The fourth-order valence-corrected chi connectivity index (χ4v) is 4.61. The Labute approximate surface area is 236 Å². The molecule has 10 heteroatoms. The summed E-state index contributed by atoms with van der Waals surface area (Å²) in [5.74, 6) is -0.459. The Hall–Kier alpha value is -3.07. The third-order valence-corrected chi connectivity index (χ3v) is 6.36. The molecule has 0 saturated heterocycles. The Morgan fingerprint density at radius 1 is 0.868 bits per heavy atom. The van der Waals surface area contributed by atoms with E-state index in [2.05, 4.69) is 61.4 Å². The quantitative estimate of drug-likeness (QED) is 0.209. The molecule has 0 atom stereocenters. The Morgan fingerprint density at radius 3 is 2.08 bits per heavy atom. The number of fused-ring (bicyclic) bond motifs is 2. The number of carbonyl (C=O) groups excluding carboxylic acids is 1. The van der Waals surface area contributed by atoms with Gasteiger partial charge >= 0.3 is 0 Å². The number of carbonyl (C=O) groups is 1. The van der Waals surface area contributed by atoms with Crippen LogP contribution in [-0.2, 0) is 21.1 Å². The summed E-state index contributed by atoms with van der Waals surface area (Å²) in [7, 11) is 0. The minimum atomic E-state index is -1.19. The molecule has 2 aromatic carbocycles. The van der Waals surface area contributed by atoms with Gasteiger partial charge in [0.05, 0.1) is 12.0 Å². The number of nitrogens with zero attached hydrogens (tertiary/aromatic N) is 2. The number of rotatable bonds is 7. The van der Waals surface area contributed by atoms with Crippen molar-refractivity contribution in [2.45, 2.75) is 27.7 Å². The van der Waals surface area contributed by atoms with E-state index in [0.29, 0.717) is 5.56 Å². The second-order valence-electron chi connectivity index (χ2n) is 8.02. The second-order valence-corrected chi connectivity index (χ2v) is 8.02. The molecule has 1 heterocycles. The average molecular weight is 697 g/mol. The van der Waals surface area contributed by atoms with Gasteiger partial charge in [-0.25, -0.2) is 4.58 Å². The molecule has 2 aliphatic rings. The predicted molar refractivity (Wildman–Crippen MR) is 145 cm³/mol. The number of anilines is 1. The van der Waals surface area contributed by atoms with E-state index < -0.39 is 5.97 Å². The molecule has 4 rings (SSSR count). The molecular weight excluding hydrogens is 660 g/mol. The number of carboxylic acids is 1. The van der Waals surface area contributed by atoms with Gasteiger partial charge in [-0.15, -0.1) is 0 Å². The molecule has 2 aromatic rings. The second kappa shape index (κ2) is 16.0. The van der Waals surface area contributed by atoms with Crippen molar-refractivity contribution >= 4 is 22.6 Å². The summed E-state index contributed by atoms with van der Waals surface area (Å²) in [6.45, 7) is 12.1. The van der Waals surface area contributed by atoms with Gasteiger partial charge in [-0.05, 0) is 51.5 Å². The first kappa shape index (κ1) is 37.1. The van der Waals surface area contributed by atoms with Crippen molar-refractivity contribution < 1.29 is 57.3 Å². The van der Waals surface area contributed by atoms with E-state index in [9.17, 15) is 9.90 Å². The molecular formula is C28H37N2O7W-. The molecule has 0 amide bonds. The van der Waals surface area contributed by atoms with E-state index in [1.807, 2.05) is 24.3 Å². The third kappa shape index (κ3) is 6.86. The molecule has 208 valence electrons. The molecule has 9 nitrogen and oxygen atoms in total. The smallest absolute Gasteiger partial charge is 0.203 e. The van der Waals surface area contributed by atoms with E-state index in [-0.39, 0.29) is 48.5 Å². The van der Waals surface area contributed by atoms with Crippen molar-refractivity contribution in [1.29, 1.82) is 0 Å². The summed E-state index contributed by atoms with van der Waals surface area (Å²) in [5.41, 5.74) is 4.34. The topological polar surface area (TPSA) is 184 Å². The van der Waals surface area contributed by atoms with Crippen molar-refractivity contribution in [2.75, 3.05) is 31.1 Å². The summed E-state index contributed by atoms with van der Waals surface area (Å²) < 4.78 is 8.72. The van der Waals surface area contributed by atoms with Crippen LogP contribution >= 0.6 is 0 Å². The van der Waals surface area contributed by atoms with E-state index >= 15 is 0 Å². The Morgan fingerprint density at radius 2 is 1.50 bits per heavy atom. The van der Waals surface area contributed by atoms with Crippen LogP contribution in [0.5, 0.6) is 0 Å². The maximum Gasteiger partial charge on any atom is 0.203 e. The third-order valence-electron chi connectivity index (χ3n) is 6.36. The van der Waals surface area contributed by atoms with Crippen LogP contribution in [0.15, 0.2) is 65.1 Å². The minimum absolute atomic E-state index is 0. The molecule has 0 aromatic heterocycles. The zero-order chi connectivity index (χ0) is 23.5. The maximum absolute atomic E-state index is 12.0. The van der Waals surface area contributed by atoms with Crippen LogP contribution in [0.1, 0.15) is 38.1 Å². The van der Waals surface area contributed by atoms with Crippen molar-refractivity contribution in [3.8, 4) is 22.5 Å². The van der Waals surface area contributed by atoms with E-state index in [0.717, 1.165) is 65.1 Å². The van der Waals surface area contributed by atoms with Crippen LogP contribution in [0.25, 0.3) is 33.4 Å². The molecule has 0 spiro atoms. The normalized spacial score (nSPS) is 9.68. The van der Waals surface area contributed by atoms with Gasteiger partial charge in [0.2, 0.25) is 5.36 Å². The van der Waals surface area contributed by atoms with Crippen LogP contribution < -0.4 is 19.9 Å². The largest absolute Gasteiger partial charge is 0.870 e. The van der Waals surface area contributed by atoms with Crippen LogP contribution in [-0.4, -0.2) is 54.1 Å². The van der Waals surface area contributed by atoms with Crippen molar-refractivity contribution in [2.24, 2.45) is 0 Å². The molecule has 0 radical (unpaired) electrons. The van der Waals surface area contributed by atoms with Gasteiger partial charge in [-0.2, -0.15) is 0 Å². The zero-order valence-electron chi connectivity index (χ0n) is 22.1. The first-order valence-corrected chi connectivity index (χ1v) is 11.7. The Kier molecular flexibility index (Phi) is 15.6. The minimum Gasteiger partial charge on any atom is -0.870 e. The molecule has 1 aliphatic carbocycles. The van der Waals surface area contributed by atoms with E-state index in [1.54, 1.807) is 12.1 Å². The molecule has 0 bridgehead atoms. The monoisotopic (exact) mass is 697 g/mol. The number of hydrogen-bond acceptors (Lipinski definition) is 5. The molecule has 7 N–H and O–H groups in total. The van der Waals surface area contributed by atoms with Gasteiger partial charge in [-0.1, -0.05) is 24.3 Å². The predicted octanol–water partition coefficient (Wildman–Crippen LogP) is 1.57. The zero-order valence-corrected chi connectivity index (χ0v) is 25.0. The van der Waals surface area contributed by atoms with Crippen LogP contribution in [0, 0.1) is 0 Å². The summed E-state index contributed by atoms with van der Waals surface area (Å²) >= 11 is 0. The first-order valence-electron chi connectivity index (χ1n) is 11.7. The van der Waals surface area contributed by atoms with E-state index in [4.69, 9.17) is 4.42 Å². The number of hydrogen-bond donors (Lipinski definition) is 0. The maximum atomic E-state index is 12.0. The average Bonchev–Trinajstić information content (AvgIpc) is 2.84. The van der Waals surface area contributed by atoms with Crippen LogP contribution in [0.2, 0.25) is 0 Å². The summed E-state index contributed by atoms with van der Waals surface area (Å²) in [6, 6.07) is 19.3. The molecule has 1 aliphatic heterocycles. The van der Waals surface area contributed by atoms with Crippen molar-refractivity contribution in [1.82, 2.24) is 4.58 Å². The molecule has 0 fully saturated rings. The molecule has 0 saturated carbocycles. The SMILES string of the molecule is CCN(CC)c1ccc2c(-c3ccccc3C(=O)[O-])c3ccc(=[N+](CC)CC)cc-3oc2c1.O.O.O.[OH-].[W]. The standard InChI is InChI=1S/C28H30N2O3.4H2O.W/c1-5-29(6-2)19-13-15-23-25(17-19)33-26-18-20(30(7-3)8-4)14-16-24(26)27(23)21-11-9-10-12-22(21)28(31)32;;;;;/h9-18H,5-8H2,1-4H3;4*1H2;/p-1. The summed E-state index contributed by atoms with van der Waals surface area (Å²) in [5, 5.41) is 13.9. The van der Waals surface area contributed by atoms with Gasteiger partial charge in [0.1, 0.15) is 24.4 Å². The van der Waals surface area contributed by atoms with Gasteiger partial charge < -0.3 is 41.1 Å². The fraction of sp³-hybridized carbons (Fsp3) is 0.286. The molecule has 38 heavy (non-hydrogen) atoms. The molecule has 0 unspecified atom stereocenters.